The van der Waals surface area contributed by atoms with Crippen LogP contribution in [0.15, 0.2) is 0 Å². The van der Waals surface area contributed by atoms with Crippen LogP contribution in [-0.4, -0.2) is 97.4 Å². The number of nitrogens with one attached hydrogen (secondary N) is 1. The van der Waals surface area contributed by atoms with Crippen molar-refractivity contribution in [2.24, 2.45) is 0 Å². The van der Waals surface area contributed by atoms with Crippen LogP contribution in [0.5, 0.6) is 0 Å². The molecule has 2 atom stereocenters. The Bertz CT molecular complexity index is 915. The summed E-state index contributed by atoms with van der Waals surface area (Å²) in [5, 5.41) is 22.9. The SMILES string of the molecule is CCCCCCCCC(CCCCCCCCCOP(=O)(NCC[N+](C)(C)C)OCCCCCCCCCC(CCCCCCCC)SCCCCCCCO)SCCCCCCCO. The van der Waals surface area contributed by atoms with E-state index < -0.39 is 7.75 Å². The van der Waals surface area contributed by atoms with Gasteiger partial charge in [0.05, 0.1) is 47.4 Å². The maximum atomic E-state index is 13.8. The van der Waals surface area contributed by atoms with Crippen molar-refractivity contribution >= 4 is 31.3 Å². The highest BCUT2D eigenvalue weighted by Crippen LogP contribution is 2.44. The molecule has 2 unspecified atom stereocenters. The molecule has 7 nitrogen and oxygen atoms in total. The van der Waals surface area contributed by atoms with Crippen LogP contribution in [-0.2, 0) is 13.6 Å². The normalized spacial score (nSPS) is 14.0. The minimum absolute atomic E-state index is 0.341. The third-order valence-electron chi connectivity index (χ3n) is 13.0. The van der Waals surface area contributed by atoms with Gasteiger partial charge in [0.1, 0.15) is 0 Å². The summed E-state index contributed by atoms with van der Waals surface area (Å²) < 4.78 is 26.6. The topological polar surface area (TPSA) is 88.0 Å². The van der Waals surface area contributed by atoms with E-state index in [4.69, 9.17) is 19.3 Å². The van der Waals surface area contributed by atoms with Crippen molar-refractivity contribution < 1.29 is 28.3 Å². The predicted octanol–water partition coefficient (Wildman–Crippen LogP) is 17.3. The quantitative estimate of drug-likeness (QED) is 0.0316. The van der Waals surface area contributed by atoms with Crippen LogP contribution in [0.2, 0.25) is 0 Å². The fraction of sp³-hybridized carbons (Fsp3) is 1.00. The molecule has 0 aliphatic heterocycles. The van der Waals surface area contributed by atoms with E-state index in [-0.39, 0.29) is 0 Å². The zero-order valence-electron chi connectivity index (χ0n) is 44.4. The van der Waals surface area contributed by atoms with Crippen LogP contribution in [0.25, 0.3) is 0 Å². The lowest BCUT2D eigenvalue weighted by Gasteiger charge is -2.25. The first kappa shape index (κ1) is 65.7. The molecule has 0 aromatic rings. The maximum Gasteiger partial charge on any atom is 0.405 e. The monoisotopic (exact) mass is 980 g/mol. The molecule has 0 aromatic carbocycles. The van der Waals surface area contributed by atoms with Crippen molar-refractivity contribution in [2.45, 2.75) is 281 Å². The molecule has 0 spiro atoms. The molecule has 0 fully saturated rings. The van der Waals surface area contributed by atoms with Crippen LogP contribution < -0.4 is 5.09 Å². The zero-order valence-corrected chi connectivity index (χ0v) is 47.0. The molecule has 0 saturated heterocycles. The van der Waals surface area contributed by atoms with E-state index in [9.17, 15) is 4.57 Å². The summed E-state index contributed by atoms with van der Waals surface area (Å²) >= 11 is 4.50. The number of hydrogen-bond donors (Lipinski definition) is 3. The molecule has 0 rings (SSSR count). The first-order chi connectivity index (χ1) is 31.7. The van der Waals surface area contributed by atoms with E-state index in [2.05, 4.69) is 63.6 Å². The highest BCUT2D eigenvalue weighted by molar-refractivity contribution is 8.00. The molecule has 0 aliphatic rings. The predicted molar refractivity (Wildman–Crippen MR) is 293 cm³/mol. The highest BCUT2D eigenvalue weighted by atomic mass is 32.2. The summed E-state index contributed by atoms with van der Waals surface area (Å²) in [6.45, 7) is 7.77. The number of hydrogen-bond acceptors (Lipinski definition) is 7. The zero-order chi connectivity index (χ0) is 47.6. The Hall–Kier alpha value is 0.690. The van der Waals surface area contributed by atoms with Gasteiger partial charge in [0, 0.05) is 23.7 Å². The second kappa shape index (κ2) is 51.1. The van der Waals surface area contributed by atoms with Gasteiger partial charge in [-0.1, -0.05) is 206 Å². The molecular weight excluding hydrogens is 864 g/mol. The minimum atomic E-state index is -3.31. The van der Waals surface area contributed by atoms with Crippen molar-refractivity contribution in [3.8, 4) is 0 Å². The van der Waals surface area contributed by atoms with Crippen molar-refractivity contribution in [3.05, 3.63) is 0 Å². The molecule has 0 aromatic heterocycles. The Morgan fingerprint density at radius 2 is 0.723 bits per heavy atom. The molecular formula is C55H116N2O5PS2+. The summed E-state index contributed by atoms with van der Waals surface area (Å²) in [5.74, 6) is 2.61. The van der Waals surface area contributed by atoms with Gasteiger partial charge in [0.2, 0.25) is 0 Å². The van der Waals surface area contributed by atoms with Gasteiger partial charge in [-0.15, -0.1) is 0 Å². The number of quaternary nitrogens is 1. The van der Waals surface area contributed by atoms with Crippen LogP contribution in [0.4, 0.5) is 0 Å². The molecule has 0 radical (unpaired) electrons. The van der Waals surface area contributed by atoms with E-state index in [0.29, 0.717) is 33.0 Å². The summed E-state index contributed by atoms with van der Waals surface area (Å²) in [4.78, 5) is 0. The first-order valence-corrected chi connectivity index (χ1v) is 32.2. The van der Waals surface area contributed by atoms with Gasteiger partial charge in [-0.05, 0) is 75.7 Å². The molecule has 392 valence electrons. The lowest BCUT2D eigenvalue weighted by atomic mass is 10.0. The van der Waals surface area contributed by atoms with Gasteiger partial charge < -0.3 is 14.7 Å². The molecule has 0 aliphatic carbocycles. The number of nitrogens with zero attached hydrogens (tertiary/aromatic N) is 1. The third kappa shape index (κ3) is 50.9. The number of aliphatic hydroxyl groups is 2. The Morgan fingerprint density at radius 1 is 0.431 bits per heavy atom. The van der Waals surface area contributed by atoms with Crippen LogP contribution in [0.1, 0.15) is 271 Å². The lowest BCUT2D eigenvalue weighted by Crippen LogP contribution is -2.40. The third-order valence-corrected chi connectivity index (χ3v) is 17.6. The summed E-state index contributed by atoms with van der Waals surface area (Å²) in [5.41, 5.74) is 0. The molecule has 10 heteroatoms. The average molecular weight is 981 g/mol. The Kier molecular flexibility index (Phi) is 51.6. The summed E-state index contributed by atoms with van der Waals surface area (Å²) in [6.07, 6.45) is 51.5. The van der Waals surface area contributed by atoms with Gasteiger partial charge in [-0.25, -0.2) is 9.65 Å². The average Bonchev–Trinajstić information content (AvgIpc) is 3.28. The number of unbranched alkanes of at least 4 members (excludes halogenated alkanes) is 30. The van der Waals surface area contributed by atoms with E-state index in [1.165, 1.54) is 230 Å². The summed E-state index contributed by atoms with van der Waals surface area (Å²) in [6, 6.07) is 0. The van der Waals surface area contributed by atoms with Crippen molar-refractivity contribution in [2.75, 3.05) is 72.2 Å². The van der Waals surface area contributed by atoms with E-state index in [0.717, 1.165) is 60.1 Å². The standard InChI is InChI=1S/C55H116N2O5PS2/c1-6-8-10-12-22-32-42-54(64-52-40-30-20-26-36-48-58)44-34-24-16-14-18-28-38-50-61-63(60,56-46-47-57(3,4)5)62-51-39-29-19-15-17-25-35-45-55(43-33-23-13-11-9-7-2)65-53-41-31-21-27-37-49-59/h54-55,58-59H,6-53H2,1-5H3,(H,56,60)/q+1. The molecule has 0 bridgehead atoms. The summed E-state index contributed by atoms with van der Waals surface area (Å²) in [7, 11) is 3.16. The first-order valence-electron chi connectivity index (χ1n) is 28.6. The molecule has 0 saturated carbocycles. The minimum Gasteiger partial charge on any atom is -0.396 e. The number of aliphatic hydroxyl groups excluding tert-OH is 2. The molecule has 0 heterocycles. The Morgan fingerprint density at radius 3 is 1.05 bits per heavy atom. The number of likely N-dealkylation sites (N-methyl/N-ethyl adjacent to an activating group) is 1. The lowest BCUT2D eigenvalue weighted by molar-refractivity contribution is -0.869. The largest absolute Gasteiger partial charge is 0.405 e. The van der Waals surface area contributed by atoms with Crippen molar-refractivity contribution in [1.82, 2.24) is 5.09 Å². The number of rotatable bonds is 56. The smallest absolute Gasteiger partial charge is 0.396 e. The van der Waals surface area contributed by atoms with Crippen molar-refractivity contribution in [3.63, 3.8) is 0 Å². The molecule has 65 heavy (non-hydrogen) atoms. The van der Waals surface area contributed by atoms with Crippen molar-refractivity contribution in [1.29, 1.82) is 0 Å². The van der Waals surface area contributed by atoms with E-state index in [1.54, 1.807) is 0 Å². The van der Waals surface area contributed by atoms with Gasteiger partial charge in [0.15, 0.2) is 0 Å². The Balaban J connectivity index is 4.40. The number of thioether (sulfide) groups is 2. The highest BCUT2D eigenvalue weighted by Gasteiger charge is 2.25. The van der Waals surface area contributed by atoms with Gasteiger partial charge in [0.25, 0.3) is 0 Å². The van der Waals surface area contributed by atoms with E-state index in [1.807, 2.05) is 0 Å². The van der Waals surface area contributed by atoms with Crippen LogP contribution in [0, 0.1) is 0 Å². The second-order valence-corrected chi connectivity index (χ2v) is 25.3. The van der Waals surface area contributed by atoms with Crippen LogP contribution in [0.3, 0.4) is 0 Å². The molecule has 3 N–H and O–H groups in total. The Labute approximate surface area is 416 Å². The fourth-order valence-electron chi connectivity index (χ4n) is 8.65. The molecule has 0 amide bonds. The maximum absolute atomic E-state index is 13.8. The van der Waals surface area contributed by atoms with E-state index >= 15 is 0 Å². The van der Waals surface area contributed by atoms with Gasteiger partial charge in [-0.2, -0.15) is 23.5 Å². The fourth-order valence-corrected chi connectivity index (χ4v) is 12.8. The van der Waals surface area contributed by atoms with Gasteiger partial charge >= 0.3 is 7.75 Å². The van der Waals surface area contributed by atoms with Crippen LogP contribution >= 0.6 is 31.3 Å². The van der Waals surface area contributed by atoms with Gasteiger partial charge in [-0.3, -0.25) is 9.05 Å². The second-order valence-electron chi connectivity index (χ2n) is 20.7.